The minimum Gasteiger partial charge on any atom is -0.478 e. The van der Waals surface area contributed by atoms with Crippen LogP contribution in [0.1, 0.15) is 28.8 Å². The molecule has 0 saturated carbocycles. The number of carboxylic acids is 2. The Hall–Kier alpha value is -2.47. The number of aliphatic carboxylic acids is 2. The SMILES string of the molecule is CN1CC[C@H]2CC(=O)c3ccccc3C[C@@H]2C1.O=C(O)C=CC(=O)O. The summed E-state index contributed by atoms with van der Waals surface area (Å²) in [6, 6.07) is 8.17. The van der Waals surface area contributed by atoms with Gasteiger partial charge in [-0.1, -0.05) is 24.3 Å². The molecule has 1 aromatic carbocycles. The van der Waals surface area contributed by atoms with Crippen molar-refractivity contribution in [3.63, 3.8) is 0 Å². The Morgan fingerprint density at radius 2 is 1.72 bits per heavy atom. The minimum absolute atomic E-state index is 0.359. The average Bonchev–Trinajstić information content (AvgIpc) is 2.69. The summed E-state index contributed by atoms with van der Waals surface area (Å²) in [6.07, 6.45) is 4.14. The molecule has 1 aromatic rings. The first-order valence-electron chi connectivity index (χ1n) is 8.30. The lowest BCUT2D eigenvalue weighted by Gasteiger charge is -2.35. The zero-order chi connectivity index (χ0) is 18.4. The highest BCUT2D eigenvalue weighted by molar-refractivity contribution is 5.98. The Balaban J connectivity index is 0.000000242. The number of fused-ring (bicyclic) bond motifs is 2. The maximum atomic E-state index is 12.2. The molecular formula is C19H23NO5. The van der Waals surface area contributed by atoms with Crippen LogP contribution in [0.15, 0.2) is 36.4 Å². The summed E-state index contributed by atoms with van der Waals surface area (Å²) in [4.78, 5) is 33.7. The fourth-order valence-electron chi connectivity index (χ4n) is 3.51. The van der Waals surface area contributed by atoms with E-state index in [2.05, 4.69) is 24.1 Å². The number of hydrogen-bond acceptors (Lipinski definition) is 4. The van der Waals surface area contributed by atoms with Crippen molar-refractivity contribution < 1.29 is 24.6 Å². The summed E-state index contributed by atoms with van der Waals surface area (Å²) in [7, 11) is 2.19. The van der Waals surface area contributed by atoms with Gasteiger partial charge < -0.3 is 15.1 Å². The summed E-state index contributed by atoms with van der Waals surface area (Å²) in [5, 5.41) is 15.6. The predicted octanol–water partition coefficient (Wildman–Crippen LogP) is 2.10. The molecule has 1 aliphatic heterocycles. The van der Waals surface area contributed by atoms with E-state index in [1.54, 1.807) is 0 Å². The summed E-state index contributed by atoms with van der Waals surface area (Å²) in [5.41, 5.74) is 2.24. The topological polar surface area (TPSA) is 94.9 Å². The number of hydrogen-bond donors (Lipinski definition) is 2. The van der Waals surface area contributed by atoms with Gasteiger partial charge in [0.1, 0.15) is 0 Å². The first-order chi connectivity index (χ1) is 11.9. The third kappa shape index (κ3) is 5.53. The summed E-state index contributed by atoms with van der Waals surface area (Å²) in [6.45, 7) is 2.29. The van der Waals surface area contributed by atoms with E-state index < -0.39 is 11.9 Å². The number of ketones is 1. The summed E-state index contributed by atoms with van der Waals surface area (Å²) in [5.74, 6) is -0.884. The Morgan fingerprint density at radius 3 is 2.36 bits per heavy atom. The van der Waals surface area contributed by atoms with Gasteiger partial charge in [0.25, 0.3) is 0 Å². The second-order valence-corrected chi connectivity index (χ2v) is 6.57. The van der Waals surface area contributed by atoms with E-state index in [4.69, 9.17) is 10.2 Å². The maximum absolute atomic E-state index is 12.2. The normalized spacial score (nSPS) is 23.0. The molecule has 0 unspecified atom stereocenters. The van der Waals surface area contributed by atoms with Gasteiger partial charge in [0.05, 0.1) is 0 Å². The molecule has 6 nitrogen and oxygen atoms in total. The fraction of sp³-hybridized carbons (Fsp3) is 0.421. The number of likely N-dealkylation sites (tertiary alicyclic amines) is 1. The number of carbonyl (C=O) groups excluding carboxylic acids is 1. The first kappa shape index (κ1) is 18.9. The Kier molecular flexibility index (Phi) is 6.47. The lowest BCUT2D eigenvalue weighted by Crippen LogP contribution is -2.38. The van der Waals surface area contributed by atoms with Gasteiger partial charge in [0.2, 0.25) is 0 Å². The van der Waals surface area contributed by atoms with Crippen molar-refractivity contribution >= 4 is 17.7 Å². The zero-order valence-electron chi connectivity index (χ0n) is 14.2. The van der Waals surface area contributed by atoms with Crippen LogP contribution in [0.2, 0.25) is 0 Å². The number of nitrogens with zero attached hydrogens (tertiary/aromatic N) is 1. The van der Waals surface area contributed by atoms with Crippen LogP contribution in [0.5, 0.6) is 0 Å². The third-order valence-corrected chi connectivity index (χ3v) is 4.71. The van der Waals surface area contributed by atoms with Crippen molar-refractivity contribution in [2.24, 2.45) is 11.8 Å². The lowest BCUT2D eigenvalue weighted by molar-refractivity contribution is -0.134. The van der Waals surface area contributed by atoms with Crippen LogP contribution in [-0.4, -0.2) is 53.0 Å². The molecule has 0 aromatic heterocycles. The number of rotatable bonds is 2. The Labute approximate surface area is 146 Å². The van der Waals surface area contributed by atoms with Crippen molar-refractivity contribution in [2.45, 2.75) is 19.3 Å². The highest BCUT2D eigenvalue weighted by atomic mass is 16.4. The lowest BCUT2D eigenvalue weighted by atomic mass is 9.81. The number of benzene rings is 1. The molecule has 25 heavy (non-hydrogen) atoms. The van der Waals surface area contributed by atoms with Crippen molar-refractivity contribution in [1.82, 2.24) is 4.90 Å². The van der Waals surface area contributed by atoms with E-state index in [9.17, 15) is 14.4 Å². The van der Waals surface area contributed by atoms with Crippen molar-refractivity contribution in [3.8, 4) is 0 Å². The van der Waals surface area contributed by atoms with Crippen molar-refractivity contribution in [2.75, 3.05) is 20.1 Å². The molecule has 0 spiro atoms. The molecule has 3 rings (SSSR count). The molecule has 2 aliphatic rings. The van der Waals surface area contributed by atoms with E-state index in [0.717, 1.165) is 31.5 Å². The van der Waals surface area contributed by atoms with E-state index in [1.165, 1.54) is 12.0 Å². The second-order valence-electron chi connectivity index (χ2n) is 6.57. The van der Waals surface area contributed by atoms with Gasteiger partial charge in [-0.3, -0.25) is 4.79 Å². The van der Waals surface area contributed by atoms with Crippen LogP contribution in [0, 0.1) is 11.8 Å². The highest BCUT2D eigenvalue weighted by Gasteiger charge is 2.33. The molecule has 6 heteroatoms. The molecule has 1 heterocycles. The van der Waals surface area contributed by atoms with E-state index in [-0.39, 0.29) is 0 Å². The quantitative estimate of drug-likeness (QED) is 0.797. The molecule has 1 saturated heterocycles. The van der Waals surface area contributed by atoms with Crippen LogP contribution in [0.4, 0.5) is 0 Å². The molecule has 134 valence electrons. The van der Waals surface area contributed by atoms with Crippen molar-refractivity contribution in [3.05, 3.63) is 47.5 Å². The molecule has 1 fully saturated rings. The number of Topliss-reactive ketones (excluding diaryl/α,β-unsaturated/α-hetero) is 1. The molecular weight excluding hydrogens is 322 g/mol. The molecule has 0 radical (unpaired) electrons. The number of carboxylic acid groups (broad SMARTS) is 2. The standard InChI is InChI=1S/C15H19NO.C4H4O4/c1-16-7-6-11-9-15(17)14-5-3-2-4-12(14)8-13(11)10-16;5-3(6)1-2-4(7)8/h2-5,11,13H,6-10H2,1H3;1-2H,(H,5,6)(H,7,8)/t11-,13+;/m0./s1. The summed E-state index contributed by atoms with van der Waals surface area (Å²) < 4.78 is 0. The largest absolute Gasteiger partial charge is 0.478 e. The van der Waals surface area contributed by atoms with Crippen LogP contribution in [-0.2, 0) is 16.0 Å². The Morgan fingerprint density at radius 1 is 1.08 bits per heavy atom. The zero-order valence-corrected chi connectivity index (χ0v) is 14.2. The fourth-order valence-corrected chi connectivity index (χ4v) is 3.51. The van der Waals surface area contributed by atoms with E-state index in [1.807, 2.05) is 12.1 Å². The van der Waals surface area contributed by atoms with Gasteiger partial charge in [-0.15, -0.1) is 0 Å². The summed E-state index contributed by atoms with van der Waals surface area (Å²) >= 11 is 0. The maximum Gasteiger partial charge on any atom is 0.328 e. The van der Waals surface area contributed by atoms with Crippen LogP contribution in [0.25, 0.3) is 0 Å². The molecule has 1 aliphatic carbocycles. The van der Waals surface area contributed by atoms with Gasteiger partial charge in [-0.25, -0.2) is 9.59 Å². The van der Waals surface area contributed by atoms with Gasteiger partial charge in [-0.2, -0.15) is 0 Å². The predicted molar refractivity (Wildman–Crippen MR) is 92.6 cm³/mol. The third-order valence-electron chi connectivity index (χ3n) is 4.71. The number of piperidine rings is 1. The van der Waals surface area contributed by atoms with E-state index in [0.29, 0.717) is 29.8 Å². The van der Waals surface area contributed by atoms with Gasteiger partial charge in [0, 0.05) is 30.7 Å². The molecule has 2 atom stereocenters. The second kappa shape index (κ2) is 8.58. The average molecular weight is 345 g/mol. The van der Waals surface area contributed by atoms with Crippen LogP contribution < -0.4 is 0 Å². The Bertz CT molecular complexity index is 666. The van der Waals surface area contributed by atoms with Gasteiger partial charge in [-0.05, 0) is 43.8 Å². The van der Waals surface area contributed by atoms with Gasteiger partial charge in [0.15, 0.2) is 5.78 Å². The minimum atomic E-state index is -1.26. The molecule has 0 amide bonds. The van der Waals surface area contributed by atoms with Crippen LogP contribution >= 0.6 is 0 Å². The highest BCUT2D eigenvalue weighted by Crippen LogP contribution is 2.34. The van der Waals surface area contributed by atoms with E-state index >= 15 is 0 Å². The first-order valence-corrected chi connectivity index (χ1v) is 8.30. The van der Waals surface area contributed by atoms with Crippen LogP contribution in [0.3, 0.4) is 0 Å². The smallest absolute Gasteiger partial charge is 0.328 e. The molecule has 2 N–H and O–H groups in total. The van der Waals surface area contributed by atoms with Gasteiger partial charge >= 0.3 is 11.9 Å². The monoisotopic (exact) mass is 345 g/mol. The van der Waals surface area contributed by atoms with Crippen molar-refractivity contribution in [1.29, 1.82) is 0 Å². The molecule has 0 bridgehead atoms. The number of carbonyl (C=O) groups is 3.